The third-order valence-corrected chi connectivity index (χ3v) is 3.85. The minimum Gasteiger partial charge on any atom is -0.399 e. The summed E-state index contributed by atoms with van der Waals surface area (Å²) in [5.74, 6) is -0.0223. The Labute approximate surface area is 128 Å². The molecule has 6 heteroatoms. The molecule has 108 valence electrons. The Morgan fingerprint density at radius 1 is 1.50 bits per heavy atom. The Hall–Kier alpha value is -1.59. The predicted molar refractivity (Wildman–Crippen MR) is 85.2 cm³/mol. The van der Waals surface area contributed by atoms with Crippen molar-refractivity contribution in [2.24, 2.45) is 0 Å². The smallest absolute Gasteiger partial charge is 0.224 e. The number of anilines is 1. The van der Waals surface area contributed by atoms with Crippen molar-refractivity contribution in [1.82, 2.24) is 10.3 Å². The van der Waals surface area contributed by atoms with Crippen LogP contribution in [0.2, 0.25) is 0 Å². The average molecular weight is 312 g/mol. The molecule has 1 heterocycles. The molecule has 3 N–H and O–H groups in total. The first-order chi connectivity index (χ1) is 9.04. The van der Waals surface area contributed by atoms with Gasteiger partial charge in [-0.2, -0.15) is 0 Å². The number of aromatic nitrogens is 1. The number of nitrogen functional groups attached to an aromatic ring is 1. The number of aryl methyl sites for hydroxylation is 1. The first-order valence-corrected chi connectivity index (χ1v) is 6.98. The molecule has 20 heavy (non-hydrogen) atoms. The number of nitrogens with two attached hydrogens (primary N) is 1. The zero-order valence-corrected chi connectivity index (χ0v) is 13.1. The highest BCUT2D eigenvalue weighted by Gasteiger charge is 2.12. The number of hydrogen-bond acceptors (Lipinski definition) is 4. The third-order valence-electron chi connectivity index (χ3n) is 2.70. The zero-order valence-electron chi connectivity index (χ0n) is 11.4. The standard InChI is InChI=1S/C14H17N3OS.ClH/c1-9-8-19-14(16-9)10(2)17-13(18)7-11-4-3-5-12(15)6-11;/h3-6,8,10H,7,15H2,1-2H3,(H,17,18);1H. The highest BCUT2D eigenvalue weighted by molar-refractivity contribution is 7.09. The Morgan fingerprint density at radius 3 is 2.85 bits per heavy atom. The van der Waals surface area contributed by atoms with Gasteiger partial charge in [-0.05, 0) is 31.5 Å². The van der Waals surface area contributed by atoms with Crippen molar-refractivity contribution in [1.29, 1.82) is 0 Å². The van der Waals surface area contributed by atoms with E-state index in [2.05, 4.69) is 10.3 Å². The van der Waals surface area contributed by atoms with Gasteiger partial charge in [0, 0.05) is 16.8 Å². The summed E-state index contributed by atoms with van der Waals surface area (Å²) in [5, 5.41) is 5.86. The van der Waals surface area contributed by atoms with E-state index in [1.807, 2.05) is 43.5 Å². The van der Waals surface area contributed by atoms with Gasteiger partial charge in [-0.1, -0.05) is 12.1 Å². The fourth-order valence-electron chi connectivity index (χ4n) is 1.81. The summed E-state index contributed by atoms with van der Waals surface area (Å²) in [6, 6.07) is 7.31. The summed E-state index contributed by atoms with van der Waals surface area (Å²) in [6.45, 7) is 3.89. The number of nitrogens with zero attached hydrogens (tertiary/aromatic N) is 1. The molecule has 0 fully saturated rings. The second kappa shape index (κ2) is 7.26. The largest absolute Gasteiger partial charge is 0.399 e. The number of thiazole rings is 1. The van der Waals surface area contributed by atoms with Crippen molar-refractivity contribution in [2.45, 2.75) is 26.3 Å². The van der Waals surface area contributed by atoms with Crippen LogP contribution in [0, 0.1) is 6.92 Å². The molecule has 1 aromatic heterocycles. The molecule has 1 aromatic carbocycles. The summed E-state index contributed by atoms with van der Waals surface area (Å²) < 4.78 is 0. The summed E-state index contributed by atoms with van der Waals surface area (Å²) in [4.78, 5) is 16.3. The van der Waals surface area contributed by atoms with E-state index < -0.39 is 0 Å². The van der Waals surface area contributed by atoms with Gasteiger partial charge >= 0.3 is 0 Å². The number of hydrogen-bond donors (Lipinski definition) is 2. The number of carbonyl (C=O) groups excluding carboxylic acids is 1. The number of carbonyl (C=O) groups is 1. The van der Waals surface area contributed by atoms with Gasteiger partial charge in [0.2, 0.25) is 5.91 Å². The lowest BCUT2D eigenvalue weighted by atomic mass is 10.1. The van der Waals surface area contributed by atoms with Crippen LogP contribution in [-0.2, 0) is 11.2 Å². The van der Waals surface area contributed by atoms with Crippen LogP contribution in [0.1, 0.15) is 29.2 Å². The molecule has 0 bridgehead atoms. The second-order valence-corrected chi connectivity index (χ2v) is 5.43. The van der Waals surface area contributed by atoms with Crippen molar-refractivity contribution >= 4 is 35.3 Å². The maximum atomic E-state index is 11.9. The fraction of sp³-hybridized carbons (Fsp3) is 0.286. The van der Waals surface area contributed by atoms with Gasteiger partial charge < -0.3 is 11.1 Å². The normalized spacial score (nSPS) is 11.5. The quantitative estimate of drug-likeness (QED) is 0.853. The van der Waals surface area contributed by atoms with Gasteiger partial charge in [0.1, 0.15) is 5.01 Å². The Kier molecular flexibility index (Phi) is 5.98. The molecule has 0 aliphatic rings. The van der Waals surface area contributed by atoms with E-state index in [0.717, 1.165) is 16.3 Å². The maximum Gasteiger partial charge on any atom is 0.224 e. The number of benzene rings is 1. The van der Waals surface area contributed by atoms with E-state index in [-0.39, 0.29) is 24.4 Å². The van der Waals surface area contributed by atoms with Gasteiger partial charge in [0.15, 0.2) is 0 Å². The molecule has 0 radical (unpaired) electrons. The van der Waals surface area contributed by atoms with Crippen LogP contribution in [0.3, 0.4) is 0 Å². The van der Waals surface area contributed by atoms with Crippen LogP contribution in [0.4, 0.5) is 5.69 Å². The summed E-state index contributed by atoms with van der Waals surface area (Å²) >= 11 is 1.56. The van der Waals surface area contributed by atoms with E-state index in [9.17, 15) is 4.79 Å². The zero-order chi connectivity index (χ0) is 13.8. The Morgan fingerprint density at radius 2 is 2.25 bits per heavy atom. The predicted octanol–water partition coefficient (Wildman–Crippen LogP) is 2.88. The van der Waals surface area contributed by atoms with Crippen LogP contribution in [-0.4, -0.2) is 10.9 Å². The Bertz CT molecular complexity index is 585. The van der Waals surface area contributed by atoms with Gasteiger partial charge in [-0.25, -0.2) is 4.98 Å². The maximum absolute atomic E-state index is 11.9. The van der Waals surface area contributed by atoms with Gasteiger partial charge in [-0.3, -0.25) is 4.79 Å². The Balaban J connectivity index is 0.00000200. The van der Waals surface area contributed by atoms with Crippen LogP contribution in [0.5, 0.6) is 0 Å². The monoisotopic (exact) mass is 311 g/mol. The van der Waals surface area contributed by atoms with Gasteiger partial charge in [0.05, 0.1) is 12.5 Å². The lowest BCUT2D eigenvalue weighted by Gasteiger charge is -2.11. The van der Waals surface area contributed by atoms with Crippen LogP contribution < -0.4 is 11.1 Å². The first kappa shape index (κ1) is 16.5. The van der Waals surface area contributed by atoms with E-state index >= 15 is 0 Å². The summed E-state index contributed by atoms with van der Waals surface area (Å²) in [5.41, 5.74) is 8.26. The number of rotatable bonds is 4. The molecule has 0 saturated carbocycles. The van der Waals surface area contributed by atoms with Gasteiger partial charge in [-0.15, -0.1) is 23.7 Å². The minimum atomic E-state index is -0.0627. The molecule has 2 rings (SSSR count). The van der Waals surface area contributed by atoms with Crippen molar-refractivity contribution in [2.75, 3.05) is 5.73 Å². The van der Waals surface area contributed by atoms with E-state index in [1.165, 1.54) is 0 Å². The number of nitrogens with one attached hydrogen (secondary N) is 1. The molecule has 0 aliphatic heterocycles. The minimum absolute atomic E-state index is 0. The third kappa shape index (κ3) is 4.51. The topological polar surface area (TPSA) is 68.0 Å². The molecular formula is C14H18ClN3OS. The first-order valence-electron chi connectivity index (χ1n) is 6.10. The second-order valence-electron chi connectivity index (χ2n) is 4.54. The molecule has 1 atom stereocenters. The molecule has 4 nitrogen and oxygen atoms in total. The van der Waals surface area contributed by atoms with Crippen molar-refractivity contribution in [3.8, 4) is 0 Å². The van der Waals surface area contributed by atoms with E-state index in [4.69, 9.17) is 5.73 Å². The summed E-state index contributed by atoms with van der Waals surface area (Å²) in [7, 11) is 0. The highest BCUT2D eigenvalue weighted by atomic mass is 35.5. The van der Waals surface area contributed by atoms with Crippen molar-refractivity contribution in [3.63, 3.8) is 0 Å². The van der Waals surface area contributed by atoms with E-state index in [0.29, 0.717) is 12.1 Å². The van der Waals surface area contributed by atoms with Crippen LogP contribution >= 0.6 is 23.7 Å². The molecule has 2 aromatic rings. The SMILES string of the molecule is Cc1csc(C(C)NC(=O)Cc2cccc(N)c2)n1.Cl. The molecule has 1 amide bonds. The fourth-order valence-corrected chi connectivity index (χ4v) is 2.62. The van der Waals surface area contributed by atoms with Crippen LogP contribution in [0.15, 0.2) is 29.6 Å². The lowest BCUT2D eigenvalue weighted by molar-refractivity contribution is -0.121. The molecule has 0 aliphatic carbocycles. The number of halogens is 1. The lowest BCUT2D eigenvalue weighted by Crippen LogP contribution is -2.28. The average Bonchev–Trinajstić information content (AvgIpc) is 2.75. The van der Waals surface area contributed by atoms with E-state index in [1.54, 1.807) is 11.3 Å². The molecule has 1 unspecified atom stereocenters. The van der Waals surface area contributed by atoms with Gasteiger partial charge in [0.25, 0.3) is 0 Å². The summed E-state index contributed by atoms with van der Waals surface area (Å²) in [6.07, 6.45) is 0.333. The molecular weight excluding hydrogens is 294 g/mol. The molecule has 0 spiro atoms. The van der Waals surface area contributed by atoms with Crippen molar-refractivity contribution < 1.29 is 4.79 Å². The van der Waals surface area contributed by atoms with Crippen molar-refractivity contribution in [3.05, 3.63) is 45.9 Å². The van der Waals surface area contributed by atoms with Crippen LogP contribution in [0.25, 0.3) is 0 Å². The molecule has 0 saturated heterocycles. The highest BCUT2D eigenvalue weighted by Crippen LogP contribution is 2.17. The number of amides is 1.